The second kappa shape index (κ2) is 6.31. The number of fused-ring (bicyclic) bond motifs is 1. The lowest BCUT2D eigenvalue weighted by molar-refractivity contribution is -0.118. The van der Waals surface area contributed by atoms with E-state index in [2.05, 4.69) is 56.4 Å². The van der Waals surface area contributed by atoms with Crippen LogP contribution in [0.15, 0.2) is 48.5 Å². The number of hydrogen-bond donors (Lipinski definition) is 1. The molecule has 0 saturated heterocycles. The molecule has 3 rings (SSSR count). The molecular weight excluding hydrogens is 296 g/mol. The second-order valence-electron chi connectivity index (χ2n) is 7.56. The van der Waals surface area contributed by atoms with E-state index in [9.17, 15) is 4.79 Å². The molecule has 126 valence electrons. The summed E-state index contributed by atoms with van der Waals surface area (Å²) in [6.07, 6.45) is 0.939. The first kappa shape index (κ1) is 16.6. The molecule has 1 aliphatic rings. The van der Waals surface area contributed by atoms with E-state index in [1.807, 2.05) is 30.0 Å². The molecule has 0 radical (unpaired) electrons. The van der Waals surface area contributed by atoms with Crippen molar-refractivity contribution in [3.05, 3.63) is 59.7 Å². The highest BCUT2D eigenvalue weighted by Gasteiger charge is 2.27. The van der Waals surface area contributed by atoms with E-state index < -0.39 is 0 Å². The van der Waals surface area contributed by atoms with Crippen LogP contribution in [0.2, 0.25) is 0 Å². The highest BCUT2D eigenvalue weighted by Crippen LogP contribution is 2.28. The minimum atomic E-state index is -0.253. The Kier molecular flexibility index (Phi) is 4.35. The van der Waals surface area contributed by atoms with Gasteiger partial charge in [0, 0.05) is 17.9 Å². The molecular formula is C21H26N2O. The van der Waals surface area contributed by atoms with Crippen molar-refractivity contribution in [2.45, 2.75) is 45.6 Å². The lowest BCUT2D eigenvalue weighted by atomic mass is 9.87. The fourth-order valence-electron chi connectivity index (χ4n) is 3.18. The number of nitrogens with one attached hydrogen (secondary N) is 1. The van der Waals surface area contributed by atoms with Crippen LogP contribution in [0.3, 0.4) is 0 Å². The maximum Gasteiger partial charge on any atom is 0.249 e. The summed E-state index contributed by atoms with van der Waals surface area (Å²) < 4.78 is 0. The topological polar surface area (TPSA) is 32.3 Å². The first-order valence-electron chi connectivity index (χ1n) is 8.62. The average Bonchev–Trinajstić information content (AvgIpc) is 2.97. The van der Waals surface area contributed by atoms with Gasteiger partial charge in [-0.15, -0.1) is 0 Å². The molecule has 1 aliphatic heterocycles. The molecule has 0 aromatic heterocycles. The molecule has 0 saturated carbocycles. The van der Waals surface area contributed by atoms with E-state index in [1.165, 1.54) is 11.1 Å². The molecule has 1 unspecified atom stereocenters. The Bertz CT molecular complexity index is 728. The predicted octanol–water partition coefficient (Wildman–Crippen LogP) is 4.37. The lowest BCUT2D eigenvalue weighted by Crippen LogP contribution is -2.40. The number of carbonyl (C=O) groups is 1. The van der Waals surface area contributed by atoms with Crippen molar-refractivity contribution < 1.29 is 4.79 Å². The summed E-state index contributed by atoms with van der Waals surface area (Å²) in [5.74, 6) is 0.125. The van der Waals surface area contributed by atoms with Crippen molar-refractivity contribution in [1.29, 1.82) is 0 Å². The van der Waals surface area contributed by atoms with Crippen LogP contribution in [0.25, 0.3) is 0 Å². The number of para-hydroxylation sites is 1. The van der Waals surface area contributed by atoms with Gasteiger partial charge in [0.2, 0.25) is 5.91 Å². The Labute approximate surface area is 144 Å². The number of amides is 1. The van der Waals surface area contributed by atoms with Gasteiger partial charge in [0.05, 0.1) is 0 Å². The van der Waals surface area contributed by atoms with E-state index in [4.69, 9.17) is 0 Å². The van der Waals surface area contributed by atoms with E-state index in [0.717, 1.165) is 24.3 Å². The molecule has 0 spiro atoms. The van der Waals surface area contributed by atoms with Gasteiger partial charge in [0.25, 0.3) is 0 Å². The van der Waals surface area contributed by atoms with Gasteiger partial charge in [-0.1, -0.05) is 51.1 Å². The first-order chi connectivity index (χ1) is 11.4. The van der Waals surface area contributed by atoms with Crippen LogP contribution in [-0.4, -0.2) is 18.5 Å². The third-order valence-electron chi connectivity index (χ3n) is 4.66. The minimum absolute atomic E-state index is 0.125. The van der Waals surface area contributed by atoms with Crippen LogP contribution in [0.4, 0.5) is 11.4 Å². The molecule has 1 heterocycles. The summed E-state index contributed by atoms with van der Waals surface area (Å²) in [6.45, 7) is 9.30. The van der Waals surface area contributed by atoms with Gasteiger partial charge in [0.15, 0.2) is 0 Å². The first-order valence-corrected chi connectivity index (χ1v) is 8.62. The van der Waals surface area contributed by atoms with E-state index in [-0.39, 0.29) is 17.4 Å². The van der Waals surface area contributed by atoms with Gasteiger partial charge >= 0.3 is 0 Å². The molecule has 0 aliphatic carbocycles. The van der Waals surface area contributed by atoms with Crippen LogP contribution >= 0.6 is 0 Å². The van der Waals surface area contributed by atoms with Crippen molar-refractivity contribution in [3.8, 4) is 0 Å². The monoisotopic (exact) mass is 322 g/mol. The summed E-state index contributed by atoms with van der Waals surface area (Å²) in [6, 6.07) is 16.3. The van der Waals surface area contributed by atoms with Crippen molar-refractivity contribution in [2.75, 3.05) is 16.8 Å². The Balaban J connectivity index is 1.69. The summed E-state index contributed by atoms with van der Waals surface area (Å²) >= 11 is 0. The largest absolute Gasteiger partial charge is 0.374 e. The average molecular weight is 322 g/mol. The smallest absolute Gasteiger partial charge is 0.249 e. The van der Waals surface area contributed by atoms with Crippen molar-refractivity contribution in [2.24, 2.45) is 0 Å². The number of rotatable bonds is 3. The van der Waals surface area contributed by atoms with E-state index in [1.54, 1.807) is 0 Å². The fourth-order valence-corrected chi connectivity index (χ4v) is 3.18. The number of carbonyl (C=O) groups excluding carboxylic acids is 1. The van der Waals surface area contributed by atoms with Gasteiger partial charge in [0.1, 0.15) is 6.04 Å². The van der Waals surface area contributed by atoms with E-state index in [0.29, 0.717) is 0 Å². The zero-order chi connectivity index (χ0) is 17.3. The summed E-state index contributed by atoms with van der Waals surface area (Å²) in [5, 5.41) is 3.34. The van der Waals surface area contributed by atoms with Crippen LogP contribution in [0.5, 0.6) is 0 Å². The number of anilines is 2. The van der Waals surface area contributed by atoms with Crippen molar-refractivity contribution >= 4 is 17.3 Å². The number of benzene rings is 2. The third kappa shape index (κ3) is 3.30. The fraction of sp³-hybridized carbons (Fsp3) is 0.381. The molecule has 1 atom stereocenters. The van der Waals surface area contributed by atoms with Gasteiger partial charge in [-0.25, -0.2) is 0 Å². The van der Waals surface area contributed by atoms with Crippen LogP contribution < -0.4 is 10.2 Å². The number of hydrogen-bond acceptors (Lipinski definition) is 2. The van der Waals surface area contributed by atoms with Gasteiger partial charge in [-0.05, 0) is 48.1 Å². The Morgan fingerprint density at radius 3 is 2.42 bits per heavy atom. The van der Waals surface area contributed by atoms with Gasteiger partial charge < -0.3 is 10.2 Å². The second-order valence-corrected chi connectivity index (χ2v) is 7.56. The molecule has 0 fully saturated rings. The Morgan fingerprint density at radius 2 is 1.75 bits per heavy atom. The van der Waals surface area contributed by atoms with E-state index >= 15 is 0 Å². The molecule has 2 aromatic carbocycles. The maximum atomic E-state index is 12.8. The molecule has 0 bridgehead atoms. The lowest BCUT2D eigenvalue weighted by Gasteiger charge is -2.24. The van der Waals surface area contributed by atoms with Crippen LogP contribution in [-0.2, 0) is 16.6 Å². The minimum Gasteiger partial charge on any atom is -0.374 e. The zero-order valence-electron chi connectivity index (χ0n) is 15.0. The quantitative estimate of drug-likeness (QED) is 0.910. The van der Waals surface area contributed by atoms with Crippen molar-refractivity contribution in [1.82, 2.24) is 0 Å². The van der Waals surface area contributed by atoms with Crippen LogP contribution in [0, 0.1) is 0 Å². The molecule has 3 heteroatoms. The summed E-state index contributed by atoms with van der Waals surface area (Å²) in [7, 11) is 0. The molecule has 1 amide bonds. The summed E-state index contributed by atoms with van der Waals surface area (Å²) in [4.78, 5) is 14.7. The Hall–Kier alpha value is -2.29. The van der Waals surface area contributed by atoms with Crippen LogP contribution in [0.1, 0.15) is 38.8 Å². The highest BCUT2D eigenvalue weighted by molar-refractivity contribution is 6.00. The standard InChI is InChI=1S/C21H26N2O/c1-15(22-18-11-9-17(10-12-18)21(2,3)4)20(24)23-14-13-16-7-5-6-8-19(16)23/h5-12,15,22H,13-14H2,1-4H3. The molecule has 24 heavy (non-hydrogen) atoms. The molecule has 3 nitrogen and oxygen atoms in total. The maximum absolute atomic E-state index is 12.8. The van der Waals surface area contributed by atoms with Gasteiger partial charge in [-0.2, -0.15) is 0 Å². The zero-order valence-corrected chi connectivity index (χ0v) is 15.0. The normalized spacial score (nSPS) is 15.1. The third-order valence-corrected chi connectivity index (χ3v) is 4.66. The van der Waals surface area contributed by atoms with Gasteiger partial charge in [-0.3, -0.25) is 4.79 Å². The highest BCUT2D eigenvalue weighted by atomic mass is 16.2. The number of nitrogens with zero attached hydrogens (tertiary/aromatic N) is 1. The summed E-state index contributed by atoms with van der Waals surface area (Å²) in [5.41, 5.74) is 4.72. The molecule has 2 aromatic rings. The van der Waals surface area contributed by atoms with Crippen molar-refractivity contribution in [3.63, 3.8) is 0 Å². The SMILES string of the molecule is CC(Nc1ccc(C(C)(C)C)cc1)C(=O)N1CCc2ccccc21. The molecule has 1 N–H and O–H groups in total. The Morgan fingerprint density at radius 1 is 1.08 bits per heavy atom. The predicted molar refractivity (Wildman–Crippen MR) is 101 cm³/mol.